The molecule has 3 rings (SSSR count). The maximum atomic E-state index is 12.5. The van der Waals surface area contributed by atoms with Crippen molar-refractivity contribution < 1.29 is 19.4 Å². The van der Waals surface area contributed by atoms with Crippen molar-refractivity contribution in [3.63, 3.8) is 0 Å². The zero-order chi connectivity index (χ0) is 19.6. The van der Waals surface area contributed by atoms with E-state index in [9.17, 15) is 24.3 Å². The number of carbonyl (C=O) groups is 2. The number of aromatic nitrogens is 2. The summed E-state index contributed by atoms with van der Waals surface area (Å²) in [6.07, 6.45) is 0.647. The Bertz CT molecular complexity index is 1000. The molecule has 1 amide bonds. The molecule has 1 aliphatic rings. The molecule has 2 heterocycles. The summed E-state index contributed by atoms with van der Waals surface area (Å²) in [6, 6.07) is 4.38. The molecular formula is C18H21N3O6. The molecule has 1 aliphatic heterocycles. The molecule has 0 unspecified atom stereocenters. The second kappa shape index (κ2) is 7.36. The summed E-state index contributed by atoms with van der Waals surface area (Å²) in [5, 5.41) is 12.5. The highest BCUT2D eigenvalue weighted by Crippen LogP contribution is 2.30. The first-order chi connectivity index (χ1) is 12.9. The fraction of sp³-hybridized carbons (Fsp3) is 0.444. The van der Waals surface area contributed by atoms with Crippen LogP contribution >= 0.6 is 0 Å². The van der Waals surface area contributed by atoms with Crippen LogP contribution < -0.4 is 16.6 Å². The quantitative estimate of drug-likeness (QED) is 0.690. The molecule has 0 atom stereocenters. The van der Waals surface area contributed by atoms with E-state index in [0.717, 1.165) is 4.57 Å². The minimum Gasteiger partial charge on any atom is -0.481 e. The summed E-state index contributed by atoms with van der Waals surface area (Å²) in [5.74, 6) is -1.43. The summed E-state index contributed by atoms with van der Waals surface area (Å²) >= 11 is 0. The molecule has 1 fully saturated rings. The zero-order valence-electron chi connectivity index (χ0n) is 14.9. The van der Waals surface area contributed by atoms with Gasteiger partial charge in [-0.2, -0.15) is 0 Å². The monoisotopic (exact) mass is 375 g/mol. The number of rotatable bonds is 5. The number of aliphatic carboxylic acids is 1. The molecule has 9 nitrogen and oxygen atoms in total. The van der Waals surface area contributed by atoms with Crippen molar-refractivity contribution >= 4 is 22.8 Å². The maximum Gasteiger partial charge on any atom is 0.328 e. The first-order valence-corrected chi connectivity index (χ1v) is 8.74. The average molecular weight is 375 g/mol. The van der Waals surface area contributed by atoms with Crippen LogP contribution in [0.1, 0.15) is 30.1 Å². The number of carboxylic acids is 1. The van der Waals surface area contributed by atoms with Gasteiger partial charge in [-0.3, -0.25) is 19.0 Å². The lowest BCUT2D eigenvalue weighted by atomic mass is 9.80. The molecule has 3 N–H and O–H groups in total. The molecule has 0 bridgehead atoms. The Hall–Kier alpha value is -2.94. The highest BCUT2D eigenvalue weighted by atomic mass is 16.5. The Morgan fingerprint density at radius 1 is 1.30 bits per heavy atom. The maximum absolute atomic E-state index is 12.5. The summed E-state index contributed by atoms with van der Waals surface area (Å²) < 4.78 is 6.29. The SMILES string of the molecule is CCn1c(=O)[nH]c2cc(C(=O)NCC3(C(=O)O)CCOCC3)ccc2c1=O. The average Bonchev–Trinajstić information content (AvgIpc) is 2.66. The van der Waals surface area contributed by atoms with Gasteiger partial charge in [-0.15, -0.1) is 0 Å². The highest BCUT2D eigenvalue weighted by Gasteiger charge is 2.40. The fourth-order valence-corrected chi connectivity index (χ4v) is 3.26. The number of amides is 1. The number of hydrogen-bond acceptors (Lipinski definition) is 5. The van der Waals surface area contributed by atoms with Crippen molar-refractivity contribution in [2.45, 2.75) is 26.3 Å². The molecule has 1 aromatic carbocycles. The molecule has 144 valence electrons. The molecule has 1 aromatic heterocycles. The Labute approximate surface area is 154 Å². The number of carboxylic acid groups (broad SMARTS) is 1. The van der Waals surface area contributed by atoms with Crippen molar-refractivity contribution in [2.75, 3.05) is 19.8 Å². The third-order valence-electron chi connectivity index (χ3n) is 5.05. The number of nitrogens with zero attached hydrogens (tertiary/aromatic N) is 1. The van der Waals surface area contributed by atoms with Gasteiger partial charge in [0.25, 0.3) is 11.5 Å². The fourth-order valence-electron chi connectivity index (χ4n) is 3.26. The largest absolute Gasteiger partial charge is 0.481 e. The van der Waals surface area contributed by atoms with Gasteiger partial charge in [-0.05, 0) is 38.0 Å². The molecule has 0 saturated carbocycles. The Morgan fingerprint density at radius 2 is 2.00 bits per heavy atom. The molecule has 0 radical (unpaired) electrons. The molecule has 2 aromatic rings. The first kappa shape index (κ1) is 18.8. The predicted molar refractivity (Wildman–Crippen MR) is 97.0 cm³/mol. The Kier molecular flexibility index (Phi) is 5.13. The number of ether oxygens (including phenoxy) is 1. The summed E-state index contributed by atoms with van der Waals surface area (Å²) in [6.45, 7) is 2.59. The minimum atomic E-state index is -1.05. The van der Waals surface area contributed by atoms with E-state index in [2.05, 4.69) is 10.3 Å². The van der Waals surface area contributed by atoms with Gasteiger partial charge in [0.2, 0.25) is 0 Å². The van der Waals surface area contributed by atoms with E-state index in [1.807, 2.05) is 0 Å². The van der Waals surface area contributed by atoms with Crippen LogP contribution in [0.2, 0.25) is 0 Å². The predicted octanol–water partition coefficient (Wildman–Crippen LogP) is 0.321. The van der Waals surface area contributed by atoms with Crippen LogP contribution in [-0.4, -0.2) is 46.3 Å². The first-order valence-electron chi connectivity index (χ1n) is 8.74. The van der Waals surface area contributed by atoms with E-state index in [0.29, 0.717) is 31.4 Å². The number of aromatic amines is 1. The van der Waals surface area contributed by atoms with Crippen LogP contribution in [0.5, 0.6) is 0 Å². The molecule has 27 heavy (non-hydrogen) atoms. The lowest BCUT2D eigenvalue weighted by molar-refractivity contribution is -0.154. The number of nitrogens with one attached hydrogen (secondary N) is 2. The normalized spacial score (nSPS) is 16.2. The highest BCUT2D eigenvalue weighted by molar-refractivity contribution is 5.97. The third kappa shape index (κ3) is 3.50. The second-order valence-electron chi connectivity index (χ2n) is 6.62. The van der Waals surface area contributed by atoms with Crippen LogP contribution in [0.4, 0.5) is 0 Å². The van der Waals surface area contributed by atoms with E-state index >= 15 is 0 Å². The second-order valence-corrected chi connectivity index (χ2v) is 6.62. The molecule has 0 spiro atoms. The van der Waals surface area contributed by atoms with Gasteiger partial charge >= 0.3 is 11.7 Å². The number of hydrogen-bond donors (Lipinski definition) is 3. The number of benzene rings is 1. The molecule has 1 saturated heterocycles. The van der Waals surface area contributed by atoms with Crippen molar-refractivity contribution in [3.8, 4) is 0 Å². The van der Waals surface area contributed by atoms with Crippen LogP contribution in [0.3, 0.4) is 0 Å². The van der Waals surface area contributed by atoms with Gasteiger partial charge in [0.1, 0.15) is 0 Å². The lowest BCUT2D eigenvalue weighted by Crippen LogP contribution is -2.46. The molecule has 9 heteroatoms. The van der Waals surface area contributed by atoms with Crippen LogP contribution in [-0.2, 0) is 16.1 Å². The molecular weight excluding hydrogens is 354 g/mol. The van der Waals surface area contributed by atoms with Gasteiger partial charge in [0.15, 0.2) is 0 Å². The van der Waals surface area contributed by atoms with Gasteiger partial charge in [0.05, 0.1) is 16.3 Å². The summed E-state index contributed by atoms with van der Waals surface area (Å²) in [4.78, 5) is 50.9. The summed E-state index contributed by atoms with van der Waals surface area (Å²) in [5.41, 5.74) is -1.51. The van der Waals surface area contributed by atoms with Gasteiger partial charge in [0, 0.05) is 31.9 Å². The van der Waals surface area contributed by atoms with Crippen molar-refractivity contribution in [3.05, 3.63) is 44.6 Å². The van der Waals surface area contributed by atoms with E-state index < -0.39 is 28.5 Å². The number of carbonyl (C=O) groups excluding carboxylic acids is 1. The van der Waals surface area contributed by atoms with Gasteiger partial charge in [-0.1, -0.05) is 0 Å². The topological polar surface area (TPSA) is 130 Å². The zero-order valence-corrected chi connectivity index (χ0v) is 14.9. The van der Waals surface area contributed by atoms with Crippen LogP contribution in [0, 0.1) is 5.41 Å². The number of fused-ring (bicyclic) bond motifs is 1. The number of H-pyrrole nitrogens is 1. The lowest BCUT2D eigenvalue weighted by Gasteiger charge is -2.33. The van der Waals surface area contributed by atoms with E-state index in [-0.39, 0.29) is 24.2 Å². The van der Waals surface area contributed by atoms with E-state index in [4.69, 9.17) is 4.74 Å². The molecule has 0 aliphatic carbocycles. The third-order valence-corrected chi connectivity index (χ3v) is 5.05. The summed E-state index contributed by atoms with van der Waals surface area (Å²) in [7, 11) is 0. The van der Waals surface area contributed by atoms with Crippen LogP contribution in [0.25, 0.3) is 10.9 Å². The standard InChI is InChI=1S/C18H21N3O6/c1-2-21-15(23)12-4-3-11(9-13(12)20-17(21)26)14(22)19-10-18(16(24)25)5-7-27-8-6-18/h3-4,9H,2,5-8,10H2,1H3,(H,19,22)(H,20,26)(H,24,25). The minimum absolute atomic E-state index is 0.0173. The van der Waals surface area contributed by atoms with Gasteiger partial charge < -0.3 is 20.1 Å². The van der Waals surface area contributed by atoms with Crippen molar-refractivity contribution in [2.24, 2.45) is 5.41 Å². The Morgan fingerprint density at radius 3 is 2.63 bits per heavy atom. The smallest absolute Gasteiger partial charge is 0.328 e. The van der Waals surface area contributed by atoms with Crippen molar-refractivity contribution in [1.82, 2.24) is 14.9 Å². The van der Waals surface area contributed by atoms with E-state index in [1.54, 1.807) is 6.92 Å². The Balaban J connectivity index is 1.84. The van der Waals surface area contributed by atoms with E-state index in [1.165, 1.54) is 18.2 Å². The van der Waals surface area contributed by atoms with Crippen molar-refractivity contribution in [1.29, 1.82) is 0 Å². The van der Waals surface area contributed by atoms with Gasteiger partial charge in [-0.25, -0.2) is 4.79 Å². The van der Waals surface area contributed by atoms with Crippen LogP contribution in [0.15, 0.2) is 27.8 Å².